The number of hydrogen-bond acceptors (Lipinski definition) is 2. The summed E-state index contributed by atoms with van der Waals surface area (Å²) in [4.78, 5) is 2.27. The summed E-state index contributed by atoms with van der Waals surface area (Å²) in [5.41, 5.74) is -0.352. The molecule has 2 atom stereocenters. The predicted octanol–water partition coefficient (Wildman–Crippen LogP) is 1.24. The molecule has 0 radical (unpaired) electrons. The second kappa shape index (κ2) is 2.71. The van der Waals surface area contributed by atoms with Gasteiger partial charge in [0.1, 0.15) is 0 Å². The van der Waals surface area contributed by atoms with E-state index in [-0.39, 0.29) is 5.60 Å². The van der Waals surface area contributed by atoms with Crippen molar-refractivity contribution in [3.63, 3.8) is 0 Å². The van der Waals surface area contributed by atoms with Crippen LogP contribution >= 0.6 is 0 Å². The van der Waals surface area contributed by atoms with Crippen molar-refractivity contribution in [3.05, 3.63) is 0 Å². The summed E-state index contributed by atoms with van der Waals surface area (Å²) in [6.45, 7) is 3.08. The highest BCUT2D eigenvalue weighted by atomic mass is 16.3. The molecule has 2 unspecified atom stereocenters. The molecule has 2 aliphatic rings. The van der Waals surface area contributed by atoms with Gasteiger partial charge in [0, 0.05) is 12.6 Å². The average Bonchev–Trinajstić information content (AvgIpc) is 2.65. The SMILES string of the molecule is CC1CC(O)(CC2CC2)CN1C. The van der Waals surface area contributed by atoms with E-state index in [0.717, 1.165) is 25.3 Å². The van der Waals surface area contributed by atoms with Crippen molar-refractivity contribution in [1.29, 1.82) is 0 Å². The van der Waals surface area contributed by atoms with Crippen LogP contribution in [-0.2, 0) is 0 Å². The van der Waals surface area contributed by atoms with E-state index in [0.29, 0.717) is 6.04 Å². The maximum Gasteiger partial charge on any atom is 0.0791 e. The molecule has 1 saturated carbocycles. The van der Waals surface area contributed by atoms with E-state index >= 15 is 0 Å². The van der Waals surface area contributed by atoms with E-state index in [4.69, 9.17) is 0 Å². The molecule has 0 aromatic rings. The van der Waals surface area contributed by atoms with Crippen molar-refractivity contribution in [2.24, 2.45) is 5.92 Å². The maximum absolute atomic E-state index is 10.2. The predicted molar refractivity (Wildman–Crippen MR) is 49.0 cm³/mol. The van der Waals surface area contributed by atoms with Crippen molar-refractivity contribution in [1.82, 2.24) is 4.90 Å². The molecule has 1 aliphatic heterocycles. The molecule has 1 saturated heterocycles. The summed E-state index contributed by atoms with van der Waals surface area (Å²) in [6, 6.07) is 0.564. The molecular weight excluding hydrogens is 150 g/mol. The molecule has 2 rings (SSSR count). The fraction of sp³-hybridized carbons (Fsp3) is 1.00. The van der Waals surface area contributed by atoms with E-state index in [1.165, 1.54) is 12.8 Å². The van der Waals surface area contributed by atoms with Gasteiger partial charge in [-0.3, -0.25) is 0 Å². The van der Waals surface area contributed by atoms with Gasteiger partial charge in [-0.25, -0.2) is 0 Å². The van der Waals surface area contributed by atoms with Crippen LogP contribution in [0.1, 0.15) is 32.6 Å². The molecule has 0 spiro atoms. The fourth-order valence-electron chi connectivity index (χ4n) is 2.40. The van der Waals surface area contributed by atoms with E-state index in [1.807, 2.05) is 0 Å². The minimum atomic E-state index is -0.352. The molecule has 0 bridgehead atoms. The fourth-order valence-corrected chi connectivity index (χ4v) is 2.40. The quantitative estimate of drug-likeness (QED) is 0.672. The maximum atomic E-state index is 10.2. The Balaban J connectivity index is 1.92. The molecule has 0 amide bonds. The van der Waals surface area contributed by atoms with Crippen LogP contribution in [0, 0.1) is 5.92 Å². The van der Waals surface area contributed by atoms with Crippen LogP contribution in [0.25, 0.3) is 0 Å². The van der Waals surface area contributed by atoms with Gasteiger partial charge < -0.3 is 10.0 Å². The third kappa shape index (κ3) is 1.64. The lowest BCUT2D eigenvalue weighted by Gasteiger charge is -2.21. The van der Waals surface area contributed by atoms with Gasteiger partial charge in [0.05, 0.1) is 5.60 Å². The van der Waals surface area contributed by atoms with Crippen molar-refractivity contribution in [2.45, 2.75) is 44.2 Å². The van der Waals surface area contributed by atoms with Crippen molar-refractivity contribution in [2.75, 3.05) is 13.6 Å². The van der Waals surface area contributed by atoms with E-state index in [2.05, 4.69) is 18.9 Å². The molecule has 1 N–H and O–H groups in total. The second-order valence-corrected chi connectivity index (χ2v) is 4.84. The summed E-state index contributed by atoms with van der Waals surface area (Å²) in [5.74, 6) is 0.841. The summed E-state index contributed by atoms with van der Waals surface area (Å²) in [7, 11) is 2.11. The molecule has 12 heavy (non-hydrogen) atoms. The minimum Gasteiger partial charge on any atom is -0.388 e. The number of hydrogen-bond donors (Lipinski definition) is 1. The lowest BCUT2D eigenvalue weighted by molar-refractivity contribution is 0.0373. The van der Waals surface area contributed by atoms with Gasteiger partial charge in [-0.2, -0.15) is 0 Å². The molecule has 1 aliphatic carbocycles. The van der Waals surface area contributed by atoms with Crippen LogP contribution in [0.15, 0.2) is 0 Å². The van der Waals surface area contributed by atoms with Crippen molar-refractivity contribution < 1.29 is 5.11 Å². The zero-order valence-corrected chi connectivity index (χ0v) is 8.08. The summed E-state index contributed by atoms with van der Waals surface area (Å²) in [6.07, 6.45) is 4.71. The highest BCUT2D eigenvalue weighted by Crippen LogP contribution is 2.41. The van der Waals surface area contributed by atoms with Gasteiger partial charge >= 0.3 is 0 Å². The lowest BCUT2D eigenvalue weighted by atomic mass is 9.94. The first kappa shape index (κ1) is 8.52. The van der Waals surface area contributed by atoms with Gasteiger partial charge in [0.25, 0.3) is 0 Å². The van der Waals surface area contributed by atoms with Crippen LogP contribution < -0.4 is 0 Å². The smallest absolute Gasteiger partial charge is 0.0791 e. The monoisotopic (exact) mass is 169 g/mol. The van der Waals surface area contributed by atoms with Gasteiger partial charge in [-0.1, -0.05) is 12.8 Å². The number of β-amino-alcohol motifs (C(OH)–C–C–N with tert-alkyl or cyclic N) is 1. The molecule has 0 aromatic carbocycles. The molecule has 2 fully saturated rings. The summed E-state index contributed by atoms with van der Waals surface area (Å²) < 4.78 is 0. The molecule has 1 heterocycles. The molecular formula is C10H19NO. The topological polar surface area (TPSA) is 23.5 Å². The number of aliphatic hydroxyl groups is 1. The van der Waals surface area contributed by atoms with Crippen molar-refractivity contribution >= 4 is 0 Å². The number of likely N-dealkylation sites (tertiary alicyclic amines) is 1. The van der Waals surface area contributed by atoms with Gasteiger partial charge in [-0.05, 0) is 32.7 Å². The largest absolute Gasteiger partial charge is 0.388 e. The molecule has 2 heteroatoms. The highest BCUT2D eigenvalue weighted by molar-refractivity contribution is 4.96. The Kier molecular flexibility index (Phi) is 1.92. The van der Waals surface area contributed by atoms with E-state index in [1.54, 1.807) is 0 Å². The Hall–Kier alpha value is -0.0800. The molecule has 70 valence electrons. The zero-order valence-electron chi connectivity index (χ0n) is 8.08. The van der Waals surface area contributed by atoms with Crippen LogP contribution in [0.5, 0.6) is 0 Å². The third-order valence-electron chi connectivity index (χ3n) is 3.34. The van der Waals surface area contributed by atoms with Gasteiger partial charge in [0.2, 0.25) is 0 Å². The second-order valence-electron chi connectivity index (χ2n) is 4.84. The number of nitrogens with zero attached hydrogens (tertiary/aromatic N) is 1. The zero-order chi connectivity index (χ0) is 8.77. The standard InChI is InChI=1S/C10H19NO/c1-8-5-10(12,7-11(8)2)6-9-3-4-9/h8-9,12H,3-7H2,1-2H3. The van der Waals surface area contributed by atoms with Crippen LogP contribution in [0.2, 0.25) is 0 Å². The van der Waals surface area contributed by atoms with Crippen molar-refractivity contribution in [3.8, 4) is 0 Å². The van der Waals surface area contributed by atoms with Crippen LogP contribution in [0.3, 0.4) is 0 Å². The lowest BCUT2D eigenvalue weighted by Crippen LogP contribution is -2.32. The molecule has 2 nitrogen and oxygen atoms in total. The average molecular weight is 169 g/mol. The van der Waals surface area contributed by atoms with Gasteiger partial charge in [-0.15, -0.1) is 0 Å². The number of likely N-dealkylation sites (N-methyl/N-ethyl adjacent to an activating group) is 1. The first-order chi connectivity index (χ1) is 5.59. The van der Waals surface area contributed by atoms with Crippen LogP contribution in [-0.4, -0.2) is 35.2 Å². The first-order valence-electron chi connectivity index (χ1n) is 5.02. The number of rotatable bonds is 2. The van der Waals surface area contributed by atoms with E-state index in [9.17, 15) is 5.11 Å². The van der Waals surface area contributed by atoms with Crippen LogP contribution in [0.4, 0.5) is 0 Å². The van der Waals surface area contributed by atoms with Gasteiger partial charge in [0.15, 0.2) is 0 Å². The Bertz CT molecular complexity index is 161. The normalized spacial score (nSPS) is 43.8. The molecule has 0 aromatic heterocycles. The minimum absolute atomic E-state index is 0.352. The third-order valence-corrected chi connectivity index (χ3v) is 3.34. The Labute approximate surface area is 74.6 Å². The Morgan fingerprint density at radius 1 is 1.50 bits per heavy atom. The van der Waals surface area contributed by atoms with E-state index < -0.39 is 0 Å². The highest BCUT2D eigenvalue weighted by Gasteiger charge is 2.42. The Morgan fingerprint density at radius 3 is 2.58 bits per heavy atom. The first-order valence-corrected chi connectivity index (χ1v) is 5.02. The summed E-state index contributed by atoms with van der Waals surface area (Å²) in [5, 5.41) is 10.2. The summed E-state index contributed by atoms with van der Waals surface area (Å²) >= 11 is 0. The Morgan fingerprint density at radius 2 is 2.17 bits per heavy atom.